The predicted molar refractivity (Wildman–Crippen MR) is 137 cm³/mol. The maximum absolute atomic E-state index is 14.3. The van der Waals surface area contributed by atoms with E-state index in [0.717, 1.165) is 0 Å². The van der Waals surface area contributed by atoms with Gasteiger partial charge in [-0.3, -0.25) is 9.78 Å². The van der Waals surface area contributed by atoms with Gasteiger partial charge in [-0.25, -0.2) is 13.7 Å². The fourth-order valence-corrected chi connectivity index (χ4v) is 4.34. The van der Waals surface area contributed by atoms with Crippen LogP contribution in [-0.2, 0) is 4.74 Å². The molecule has 0 saturated heterocycles. The third-order valence-corrected chi connectivity index (χ3v) is 6.75. The second kappa shape index (κ2) is 10.6. The lowest BCUT2D eigenvalue weighted by molar-refractivity contribution is -0.00178. The summed E-state index contributed by atoms with van der Waals surface area (Å²) in [6.45, 7) is 4.08. The first-order valence-corrected chi connectivity index (χ1v) is 12.2. The quantitative estimate of drug-likeness (QED) is 0.332. The van der Waals surface area contributed by atoms with Crippen molar-refractivity contribution < 1.29 is 23.8 Å². The Morgan fingerprint density at radius 3 is 2.74 bits per heavy atom. The van der Waals surface area contributed by atoms with Gasteiger partial charge in [-0.2, -0.15) is 10.4 Å². The molecule has 0 radical (unpaired) electrons. The standard InChI is InChI=1S/C26H30FN7O4/c1-14(38-25(29)36)16-7-17(8-16)33-20-9-21(22-5-4-18-6-15(10-28)11-32-34(18)22)30-12-19(20)24(35)31-13-23(27)26(2,3)37/h4-6,9,11-12,14,16-17,23,37H,7-8,13H2,1-3H3,(H2,29,36)(H,30,33)(H,31,35)/t14?,16?,17?,23-/m1/s1. The number of primary amides is 1. The predicted octanol–water partition coefficient (Wildman–Crippen LogP) is 2.78. The van der Waals surface area contributed by atoms with Gasteiger partial charge in [0.05, 0.1) is 52.1 Å². The fourth-order valence-electron chi connectivity index (χ4n) is 4.34. The van der Waals surface area contributed by atoms with Crippen LogP contribution in [0.15, 0.2) is 36.7 Å². The molecule has 1 saturated carbocycles. The van der Waals surface area contributed by atoms with E-state index < -0.39 is 23.8 Å². The highest BCUT2D eigenvalue weighted by Gasteiger charge is 2.35. The van der Waals surface area contributed by atoms with E-state index in [9.17, 15) is 19.1 Å². The first-order valence-electron chi connectivity index (χ1n) is 12.2. The average molecular weight is 524 g/mol. The topological polar surface area (TPSA) is 168 Å². The molecule has 3 aromatic heterocycles. The molecule has 12 heteroatoms. The first-order chi connectivity index (χ1) is 18.0. The van der Waals surface area contributed by atoms with Gasteiger partial charge in [0.2, 0.25) is 0 Å². The molecule has 3 aromatic rings. The van der Waals surface area contributed by atoms with Crippen LogP contribution < -0.4 is 16.4 Å². The number of anilines is 1. The summed E-state index contributed by atoms with van der Waals surface area (Å²) in [5, 5.41) is 29.2. The summed E-state index contributed by atoms with van der Waals surface area (Å²) in [7, 11) is 0. The maximum Gasteiger partial charge on any atom is 0.404 e. The first kappa shape index (κ1) is 26.8. The highest BCUT2D eigenvalue weighted by Crippen LogP contribution is 2.35. The van der Waals surface area contributed by atoms with E-state index in [1.165, 1.54) is 26.2 Å². The number of pyridine rings is 1. The second-order valence-corrected chi connectivity index (χ2v) is 10.1. The molecule has 0 bridgehead atoms. The number of hydrogen-bond acceptors (Lipinski definition) is 8. The zero-order valence-corrected chi connectivity index (χ0v) is 21.3. The number of nitrogens with two attached hydrogens (primary N) is 1. The van der Waals surface area contributed by atoms with Crippen molar-refractivity contribution >= 4 is 23.2 Å². The van der Waals surface area contributed by atoms with E-state index in [-0.39, 0.29) is 30.2 Å². The minimum absolute atomic E-state index is 0.00797. The minimum Gasteiger partial charge on any atom is -0.446 e. The molecule has 200 valence electrons. The number of aliphatic hydroxyl groups is 1. The zero-order chi connectivity index (χ0) is 27.6. The van der Waals surface area contributed by atoms with Crippen molar-refractivity contribution in [2.45, 2.75) is 57.5 Å². The van der Waals surface area contributed by atoms with Gasteiger partial charge in [-0.05, 0) is 63.8 Å². The zero-order valence-electron chi connectivity index (χ0n) is 21.3. The Labute approximate surface area is 218 Å². The molecule has 5 N–H and O–H groups in total. The fraction of sp³-hybridized carbons (Fsp3) is 0.423. The van der Waals surface area contributed by atoms with Crippen LogP contribution >= 0.6 is 0 Å². The van der Waals surface area contributed by atoms with Crippen LogP contribution in [0.25, 0.3) is 16.9 Å². The normalized spacial score (nSPS) is 18.6. The molecular formula is C26H30FN7O4. The van der Waals surface area contributed by atoms with Crippen molar-refractivity contribution in [3.8, 4) is 17.5 Å². The van der Waals surface area contributed by atoms with E-state index >= 15 is 0 Å². The Morgan fingerprint density at radius 1 is 1.34 bits per heavy atom. The molecule has 2 atom stereocenters. The number of ether oxygens (including phenoxy) is 1. The van der Waals surface area contributed by atoms with Crippen molar-refractivity contribution in [3.63, 3.8) is 0 Å². The number of carbonyl (C=O) groups is 2. The van der Waals surface area contributed by atoms with Gasteiger partial charge in [0.1, 0.15) is 18.3 Å². The number of nitriles is 1. The van der Waals surface area contributed by atoms with E-state index in [1.807, 2.05) is 12.1 Å². The third-order valence-electron chi connectivity index (χ3n) is 6.75. The molecule has 4 rings (SSSR count). The van der Waals surface area contributed by atoms with Crippen molar-refractivity contribution in [2.75, 3.05) is 11.9 Å². The number of amides is 2. The molecule has 1 aliphatic rings. The summed E-state index contributed by atoms with van der Waals surface area (Å²) in [5.41, 5.74) is 6.54. The molecule has 2 amide bonds. The van der Waals surface area contributed by atoms with Crippen molar-refractivity contribution in [1.82, 2.24) is 19.9 Å². The Bertz CT molecular complexity index is 1390. The summed E-state index contributed by atoms with van der Waals surface area (Å²) >= 11 is 0. The molecule has 38 heavy (non-hydrogen) atoms. The lowest BCUT2D eigenvalue weighted by atomic mass is 9.77. The molecule has 0 spiro atoms. The summed E-state index contributed by atoms with van der Waals surface area (Å²) in [4.78, 5) is 28.5. The number of carbonyl (C=O) groups excluding carboxylic acids is 2. The van der Waals surface area contributed by atoms with Gasteiger partial charge in [-0.15, -0.1) is 0 Å². The average Bonchev–Trinajstić information content (AvgIpc) is 3.26. The van der Waals surface area contributed by atoms with Gasteiger partial charge in [0.15, 0.2) is 0 Å². The van der Waals surface area contributed by atoms with Crippen LogP contribution in [0.2, 0.25) is 0 Å². The number of nitrogens with one attached hydrogen (secondary N) is 2. The third kappa shape index (κ3) is 5.84. The van der Waals surface area contributed by atoms with Crippen LogP contribution in [0, 0.1) is 17.2 Å². The molecule has 3 heterocycles. The lowest BCUT2D eigenvalue weighted by Gasteiger charge is -2.39. The molecule has 0 aliphatic heterocycles. The summed E-state index contributed by atoms with van der Waals surface area (Å²) < 4.78 is 21.0. The van der Waals surface area contributed by atoms with E-state index in [1.54, 1.807) is 23.6 Å². The van der Waals surface area contributed by atoms with Crippen LogP contribution in [0.4, 0.5) is 14.9 Å². The number of hydrogen-bond donors (Lipinski definition) is 4. The number of alkyl halides is 1. The molecule has 1 unspecified atom stereocenters. The smallest absolute Gasteiger partial charge is 0.404 e. The van der Waals surface area contributed by atoms with Crippen LogP contribution in [0.5, 0.6) is 0 Å². The van der Waals surface area contributed by atoms with Crippen LogP contribution in [-0.4, -0.2) is 62.2 Å². The Balaban J connectivity index is 1.59. The van der Waals surface area contributed by atoms with Gasteiger partial charge in [0.25, 0.3) is 5.91 Å². The molecular weight excluding hydrogens is 493 g/mol. The van der Waals surface area contributed by atoms with E-state index in [4.69, 9.17) is 15.7 Å². The lowest BCUT2D eigenvalue weighted by Crippen LogP contribution is -2.43. The van der Waals surface area contributed by atoms with Gasteiger partial charge in [-0.1, -0.05) is 0 Å². The Morgan fingerprint density at radius 2 is 2.08 bits per heavy atom. The number of fused-ring (bicyclic) bond motifs is 1. The number of rotatable bonds is 9. The van der Waals surface area contributed by atoms with Crippen molar-refractivity contribution in [2.24, 2.45) is 11.7 Å². The van der Waals surface area contributed by atoms with Gasteiger partial charge < -0.3 is 26.2 Å². The van der Waals surface area contributed by atoms with Crippen molar-refractivity contribution in [3.05, 3.63) is 47.8 Å². The van der Waals surface area contributed by atoms with E-state index in [0.29, 0.717) is 41.0 Å². The number of aromatic nitrogens is 3. The SMILES string of the molecule is CC(OC(N)=O)C1CC(Nc2cc(-c3ccc4cc(C#N)cnn34)ncc2C(=O)NC[C@@H](F)C(C)(C)O)C1. The number of halogens is 1. The molecule has 11 nitrogen and oxygen atoms in total. The Kier molecular flexibility index (Phi) is 7.50. The molecule has 1 aliphatic carbocycles. The summed E-state index contributed by atoms with van der Waals surface area (Å²) in [6.07, 6.45) is 1.42. The van der Waals surface area contributed by atoms with Gasteiger partial charge >= 0.3 is 6.09 Å². The highest BCUT2D eigenvalue weighted by atomic mass is 19.1. The monoisotopic (exact) mass is 523 g/mol. The maximum atomic E-state index is 14.3. The van der Waals surface area contributed by atoms with E-state index in [2.05, 4.69) is 26.8 Å². The van der Waals surface area contributed by atoms with Crippen LogP contribution in [0.3, 0.4) is 0 Å². The molecule has 1 fully saturated rings. The minimum atomic E-state index is -1.66. The second-order valence-electron chi connectivity index (χ2n) is 10.1. The van der Waals surface area contributed by atoms with Crippen molar-refractivity contribution in [1.29, 1.82) is 5.26 Å². The highest BCUT2D eigenvalue weighted by molar-refractivity contribution is 6.00. The Hall–Kier alpha value is -4.24. The summed E-state index contributed by atoms with van der Waals surface area (Å²) in [5.74, 6) is -0.428. The van der Waals surface area contributed by atoms with Gasteiger partial charge in [0, 0.05) is 12.2 Å². The molecule has 0 aromatic carbocycles. The van der Waals surface area contributed by atoms with Crippen LogP contribution in [0.1, 0.15) is 49.5 Å². The largest absolute Gasteiger partial charge is 0.446 e. The summed E-state index contributed by atoms with van der Waals surface area (Å²) in [6, 6.07) is 9.10. The number of nitrogens with zero attached hydrogens (tertiary/aromatic N) is 4.